The van der Waals surface area contributed by atoms with E-state index in [9.17, 15) is 0 Å². The molecule has 0 atom stereocenters. The normalized spacial score (nSPS) is 16.0. The van der Waals surface area contributed by atoms with Crippen molar-refractivity contribution in [2.24, 2.45) is 0 Å². The van der Waals surface area contributed by atoms with Crippen molar-refractivity contribution in [1.29, 1.82) is 0 Å². The topological polar surface area (TPSA) is 3.24 Å². The van der Waals surface area contributed by atoms with Crippen LogP contribution in [0.1, 0.15) is 81.0 Å². The van der Waals surface area contributed by atoms with E-state index in [4.69, 9.17) is 0 Å². The molecule has 1 nitrogen and oxygen atoms in total. The van der Waals surface area contributed by atoms with Crippen molar-refractivity contribution >= 4 is 27.8 Å². The minimum absolute atomic E-state index is 0.0515. The molecule has 2 aliphatic rings. The number of fused-ring (bicyclic) bond motifs is 4. The largest absolute Gasteiger partial charge is 0.310 e. The number of nitrogens with zero attached hydrogens (tertiary/aromatic N) is 1. The Bertz CT molecular complexity index is 2340. The van der Waals surface area contributed by atoms with Gasteiger partial charge in [-0.2, -0.15) is 0 Å². The van der Waals surface area contributed by atoms with Crippen LogP contribution in [0, 0.1) is 0 Å². The van der Waals surface area contributed by atoms with Gasteiger partial charge in [0.25, 0.3) is 0 Å². The first-order valence-corrected chi connectivity index (χ1v) is 19.3. The smallest absolute Gasteiger partial charge is 0.0465 e. The molecule has 0 saturated heterocycles. The highest BCUT2D eigenvalue weighted by Crippen LogP contribution is 2.51. The molecule has 0 N–H and O–H groups in total. The molecule has 0 heterocycles. The van der Waals surface area contributed by atoms with Crippen LogP contribution in [0.5, 0.6) is 0 Å². The predicted molar refractivity (Wildman–Crippen MR) is 221 cm³/mol. The predicted octanol–water partition coefficient (Wildman–Crippen LogP) is 14.3. The quantitative estimate of drug-likeness (QED) is 0.170. The third-order valence-corrected chi connectivity index (χ3v) is 12.2. The Balaban J connectivity index is 1.14. The first kappa shape index (κ1) is 32.5. The Morgan fingerprint density at radius 3 is 1.71 bits per heavy atom. The molecule has 0 aromatic heterocycles. The molecular formula is C51H47N. The molecule has 0 radical (unpaired) electrons. The summed E-state index contributed by atoms with van der Waals surface area (Å²) in [6.07, 6.45) is 8.98. The summed E-state index contributed by atoms with van der Waals surface area (Å²) in [5, 5.41) is 2.54. The zero-order valence-corrected chi connectivity index (χ0v) is 30.5. The molecule has 256 valence electrons. The van der Waals surface area contributed by atoms with Crippen LogP contribution in [-0.4, -0.2) is 0 Å². The van der Waals surface area contributed by atoms with Gasteiger partial charge in [0.15, 0.2) is 0 Å². The van der Waals surface area contributed by atoms with Gasteiger partial charge in [0.05, 0.1) is 0 Å². The van der Waals surface area contributed by atoms with Crippen LogP contribution >= 0.6 is 0 Å². The third kappa shape index (κ3) is 5.64. The SMILES string of the molecule is CC1(C)c2ccccc2-c2ccc(N(c3ccc(-c4ccc5ccccc5c4)cc3)c3ccc(C4(c5ccccc5)CCCCCCC4)cc3)cc21. The monoisotopic (exact) mass is 673 g/mol. The minimum Gasteiger partial charge on any atom is -0.310 e. The molecule has 7 aromatic carbocycles. The van der Waals surface area contributed by atoms with Crippen molar-refractivity contribution in [3.63, 3.8) is 0 Å². The van der Waals surface area contributed by atoms with Crippen LogP contribution in [0.2, 0.25) is 0 Å². The summed E-state index contributed by atoms with van der Waals surface area (Å²) >= 11 is 0. The molecule has 1 saturated carbocycles. The van der Waals surface area contributed by atoms with Crippen molar-refractivity contribution in [3.05, 3.63) is 186 Å². The van der Waals surface area contributed by atoms with E-state index < -0.39 is 0 Å². The van der Waals surface area contributed by atoms with Gasteiger partial charge in [-0.1, -0.05) is 167 Å². The lowest BCUT2D eigenvalue weighted by atomic mass is 9.67. The second-order valence-corrected chi connectivity index (χ2v) is 15.6. The molecule has 0 aliphatic heterocycles. The van der Waals surface area contributed by atoms with E-state index in [1.165, 1.54) is 112 Å². The lowest BCUT2D eigenvalue weighted by Crippen LogP contribution is -2.29. The molecule has 2 aliphatic carbocycles. The molecule has 0 bridgehead atoms. The fourth-order valence-electron chi connectivity index (χ4n) is 9.39. The van der Waals surface area contributed by atoms with Crippen LogP contribution in [0.3, 0.4) is 0 Å². The molecule has 1 fully saturated rings. The molecule has 52 heavy (non-hydrogen) atoms. The number of benzene rings is 7. The average molecular weight is 674 g/mol. The van der Waals surface area contributed by atoms with Gasteiger partial charge in [-0.25, -0.2) is 0 Å². The average Bonchev–Trinajstić information content (AvgIpc) is 3.41. The standard InChI is InChI=1S/C51H47N/c1-50(2)48-20-12-11-19-46(48)47-32-31-45(36-49(47)50)52(43-27-23-38(24-28-43)40-22-21-37-15-9-10-16-39(37)35-40)44-29-25-42(26-30-44)51(41-17-7-6-8-18-41)33-13-4-3-5-14-34-51/h6-12,15-32,35-36H,3-5,13-14,33-34H2,1-2H3. The van der Waals surface area contributed by atoms with Gasteiger partial charge in [-0.05, 0) is 111 Å². The highest BCUT2D eigenvalue weighted by molar-refractivity contribution is 5.89. The van der Waals surface area contributed by atoms with E-state index in [2.05, 4.69) is 183 Å². The van der Waals surface area contributed by atoms with Crippen LogP contribution in [0.15, 0.2) is 164 Å². The Morgan fingerprint density at radius 2 is 0.962 bits per heavy atom. The molecule has 9 rings (SSSR count). The van der Waals surface area contributed by atoms with Crippen LogP contribution < -0.4 is 4.90 Å². The Labute approximate surface area is 309 Å². The zero-order valence-electron chi connectivity index (χ0n) is 30.5. The highest BCUT2D eigenvalue weighted by atomic mass is 15.1. The van der Waals surface area contributed by atoms with Crippen molar-refractivity contribution in [2.45, 2.75) is 69.6 Å². The van der Waals surface area contributed by atoms with E-state index in [0.29, 0.717) is 0 Å². The molecule has 1 heteroatoms. The van der Waals surface area contributed by atoms with Crippen molar-refractivity contribution in [3.8, 4) is 22.3 Å². The third-order valence-electron chi connectivity index (χ3n) is 12.2. The van der Waals surface area contributed by atoms with Crippen molar-refractivity contribution in [1.82, 2.24) is 0 Å². The van der Waals surface area contributed by atoms with Gasteiger partial charge < -0.3 is 4.90 Å². The van der Waals surface area contributed by atoms with Gasteiger partial charge in [-0.15, -0.1) is 0 Å². The van der Waals surface area contributed by atoms with E-state index in [1.54, 1.807) is 0 Å². The first-order valence-electron chi connectivity index (χ1n) is 19.3. The van der Waals surface area contributed by atoms with Crippen molar-refractivity contribution < 1.29 is 0 Å². The van der Waals surface area contributed by atoms with Gasteiger partial charge in [0.1, 0.15) is 0 Å². The summed E-state index contributed by atoms with van der Waals surface area (Å²) in [7, 11) is 0. The van der Waals surface area contributed by atoms with Crippen LogP contribution in [0.4, 0.5) is 17.1 Å². The first-order chi connectivity index (χ1) is 25.5. The van der Waals surface area contributed by atoms with Crippen molar-refractivity contribution in [2.75, 3.05) is 4.90 Å². The van der Waals surface area contributed by atoms with E-state index in [0.717, 1.165) is 5.69 Å². The number of rotatable bonds is 6. The molecular weight excluding hydrogens is 627 g/mol. The minimum atomic E-state index is -0.0718. The fourth-order valence-corrected chi connectivity index (χ4v) is 9.39. The number of anilines is 3. The maximum atomic E-state index is 2.46. The van der Waals surface area contributed by atoms with E-state index in [-0.39, 0.29) is 10.8 Å². The maximum Gasteiger partial charge on any atom is 0.0465 e. The summed E-state index contributed by atoms with van der Waals surface area (Å²) in [6.45, 7) is 4.74. The Kier molecular flexibility index (Phi) is 8.31. The van der Waals surface area contributed by atoms with Gasteiger partial charge in [0, 0.05) is 27.9 Å². The van der Waals surface area contributed by atoms with E-state index in [1.807, 2.05) is 0 Å². The van der Waals surface area contributed by atoms with E-state index >= 15 is 0 Å². The molecule has 0 unspecified atom stereocenters. The summed E-state index contributed by atoms with van der Waals surface area (Å²) in [5.74, 6) is 0. The lowest BCUT2D eigenvalue weighted by molar-refractivity contribution is 0.366. The zero-order chi connectivity index (χ0) is 35.1. The van der Waals surface area contributed by atoms with Gasteiger partial charge >= 0.3 is 0 Å². The van der Waals surface area contributed by atoms with Gasteiger partial charge in [0.2, 0.25) is 0 Å². The number of hydrogen-bond acceptors (Lipinski definition) is 1. The summed E-state index contributed by atoms with van der Waals surface area (Å²) in [6, 6.07) is 61.6. The van der Waals surface area contributed by atoms with Crippen LogP contribution in [0.25, 0.3) is 33.0 Å². The highest BCUT2D eigenvalue weighted by Gasteiger charge is 2.36. The summed E-state index contributed by atoms with van der Waals surface area (Å²) < 4.78 is 0. The number of hydrogen-bond donors (Lipinski definition) is 0. The second-order valence-electron chi connectivity index (χ2n) is 15.6. The second kappa shape index (κ2) is 13.3. The molecule has 7 aromatic rings. The maximum absolute atomic E-state index is 2.46. The lowest BCUT2D eigenvalue weighted by Gasteiger charge is -2.37. The summed E-state index contributed by atoms with van der Waals surface area (Å²) in [4.78, 5) is 2.46. The Morgan fingerprint density at radius 1 is 0.404 bits per heavy atom. The van der Waals surface area contributed by atoms with Gasteiger partial charge in [-0.3, -0.25) is 0 Å². The van der Waals surface area contributed by atoms with Crippen LogP contribution in [-0.2, 0) is 10.8 Å². The summed E-state index contributed by atoms with van der Waals surface area (Å²) in [5.41, 5.74) is 14.4. The molecule has 0 spiro atoms. The molecule has 0 amide bonds. The fraction of sp³-hybridized carbons (Fsp3) is 0.216. The Hall–Kier alpha value is -5.40.